The predicted octanol–water partition coefficient (Wildman–Crippen LogP) is 1.41. The van der Waals surface area contributed by atoms with E-state index in [1.807, 2.05) is 24.6 Å². The van der Waals surface area contributed by atoms with E-state index < -0.39 is 5.76 Å². The third kappa shape index (κ3) is 1.42. The Balaban J connectivity index is 2.24. The van der Waals surface area contributed by atoms with Crippen molar-refractivity contribution in [3.8, 4) is 11.3 Å². The molecule has 0 unspecified atom stereocenters. The number of rotatable bonds is 1. The summed E-state index contributed by atoms with van der Waals surface area (Å²) in [7, 11) is 1.86. The molecular formula is C12H12N4O2. The van der Waals surface area contributed by atoms with E-state index in [-0.39, 0.29) is 0 Å². The number of nitrogen functional groups attached to an aromatic ring is 1. The fourth-order valence-electron chi connectivity index (χ4n) is 1.97. The van der Waals surface area contributed by atoms with Gasteiger partial charge in [0.25, 0.3) is 0 Å². The molecule has 0 saturated heterocycles. The van der Waals surface area contributed by atoms with Crippen molar-refractivity contribution in [3.63, 3.8) is 0 Å². The zero-order chi connectivity index (χ0) is 12.9. The Morgan fingerprint density at radius 1 is 1.44 bits per heavy atom. The molecule has 0 spiro atoms. The van der Waals surface area contributed by atoms with Gasteiger partial charge in [-0.2, -0.15) is 0 Å². The molecule has 6 heteroatoms. The zero-order valence-electron chi connectivity index (χ0n) is 10.0. The third-order valence-corrected chi connectivity index (χ3v) is 3.11. The zero-order valence-corrected chi connectivity index (χ0v) is 10.0. The van der Waals surface area contributed by atoms with Crippen molar-refractivity contribution < 1.29 is 4.42 Å². The highest BCUT2D eigenvalue weighted by molar-refractivity contribution is 5.79. The Hall–Kier alpha value is -2.50. The van der Waals surface area contributed by atoms with E-state index in [9.17, 15) is 4.79 Å². The van der Waals surface area contributed by atoms with Crippen LogP contribution in [-0.4, -0.2) is 14.5 Å². The second-order valence-corrected chi connectivity index (χ2v) is 4.19. The Bertz CT molecular complexity index is 794. The van der Waals surface area contributed by atoms with Gasteiger partial charge >= 0.3 is 5.76 Å². The first-order chi connectivity index (χ1) is 8.56. The summed E-state index contributed by atoms with van der Waals surface area (Å²) >= 11 is 0. The average Bonchev–Trinajstić information content (AvgIpc) is 2.82. The number of fused-ring (bicyclic) bond motifs is 1. The second kappa shape index (κ2) is 3.49. The van der Waals surface area contributed by atoms with Gasteiger partial charge in [-0.25, -0.2) is 9.78 Å². The van der Waals surface area contributed by atoms with E-state index in [0.717, 1.165) is 17.0 Å². The van der Waals surface area contributed by atoms with E-state index >= 15 is 0 Å². The van der Waals surface area contributed by atoms with Crippen LogP contribution in [0.15, 0.2) is 27.4 Å². The second-order valence-electron chi connectivity index (χ2n) is 4.19. The van der Waals surface area contributed by atoms with E-state index in [1.165, 1.54) is 0 Å². The van der Waals surface area contributed by atoms with Crippen molar-refractivity contribution in [1.82, 2.24) is 14.5 Å². The first-order valence-corrected chi connectivity index (χ1v) is 5.48. The third-order valence-electron chi connectivity index (χ3n) is 3.11. The number of hydrogen-bond acceptors (Lipinski definition) is 4. The Labute approximate surface area is 102 Å². The normalized spacial score (nSPS) is 11.2. The number of imidazole rings is 1. The maximum atomic E-state index is 11.1. The number of benzene rings is 1. The van der Waals surface area contributed by atoms with Crippen LogP contribution in [0.4, 0.5) is 5.95 Å². The number of nitrogens with two attached hydrogens (primary N) is 1. The lowest BCUT2D eigenvalue weighted by molar-refractivity contribution is 0.555. The van der Waals surface area contributed by atoms with Crippen molar-refractivity contribution in [2.24, 2.45) is 7.05 Å². The summed E-state index contributed by atoms with van der Waals surface area (Å²) in [6.45, 7) is 1.94. The highest BCUT2D eigenvalue weighted by Crippen LogP contribution is 2.26. The molecule has 3 aromatic rings. The summed E-state index contributed by atoms with van der Waals surface area (Å²) in [5, 5.41) is 0. The van der Waals surface area contributed by atoms with E-state index in [4.69, 9.17) is 10.2 Å². The lowest BCUT2D eigenvalue weighted by Gasteiger charge is -2.00. The van der Waals surface area contributed by atoms with Crippen LogP contribution >= 0.6 is 0 Å². The maximum Gasteiger partial charge on any atom is 0.417 e. The largest absolute Gasteiger partial charge is 0.417 e. The molecular weight excluding hydrogens is 232 g/mol. The minimum atomic E-state index is -0.459. The van der Waals surface area contributed by atoms with Gasteiger partial charge in [0.1, 0.15) is 0 Å². The highest BCUT2D eigenvalue weighted by atomic mass is 16.4. The molecule has 0 radical (unpaired) electrons. The van der Waals surface area contributed by atoms with Crippen LogP contribution in [0.25, 0.3) is 22.4 Å². The highest BCUT2D eigenvalue weighted by Gasteiger charge is 2.12. The van der Waals surface area contributed by atoms with Crippen LogP contribution in [-0.2, 0) is 7.05 Å². The molecule has 0 aliphatic carbocycles. The molecule has 18 heavy (non-hydrogen) atoms. The molecule has 0 aliphatic heterocycles. The molecule has 6 nitrogen and oxygen atoms in total. The van der Waals surface area contributed by atoms with Crippen molar-refractivity contribution in [3.05, 3.63) is 34.4 Å². The van der Waals surface area contributed by atoms with Crippen molar-refractivity contribution >= 4 is 17.0 Å². The fourth-order valence-corrected chi connectivity index (χ4v) is 1.97. The first kappa shape index (κ1) is 10.6. The summed E-state index contributed by atoms with van der Waals surface area (Å²) < 4.78 is 6.84. The molecule has 1 aromatic carbocycles. The number of aromatic nitrogens is 3. The molecule has 0 saturated carbocycles. The molecule has 0 aliphatic rings. The number of oxazole rings is 1. The van der Waals surface area contributed by atoms with Gasteiger partial charge in [-0.3, -0.25) is 4.98 Å². The fraction of sp³-hybridized carbons (Fsp3) is 0.167. The number of hydrogen-bond donors (Lipinski definition) is 2. The quantitative estimate of drug-likeness (QED) is 0.677. The topological polar surface area (TPSA) is 89.8 Å². The predicted molar refractivity (Wildman–Crippen MR) is 68.2 cm³/mol. The minimum Gasteiger partial charge on any atom is -0.408 e. The van der Waals surface area contributed by atoms with Crippen LogP contribution in [0, 0.1) is 6.92 Å². The summed E-state index contributed by atoms with van der Waals surface area (Å²) in [5.74, 6) is -0.00229. The standard InChI is InChI=1S/C12H12N4O2/c1-6-10(15-11(13)16(6)2)7-3-4-8-9(5-7)18-12(17)14-8/h3-5H,1-2H3,(H2,13,15)(H,14,17). The van der Waals surface area contributed by atoms with Gasteiger partial charge in [0.05, 0.1) is 11.2 Å². The lowest BCUT2D eigenvalue weighted by atomic mass is 10.1. The Kier molecular flexibility index (Phi) is 2.07. The Morgan fingerprint density at radius 3 is 2.89 bits per heavy atom. The van der Waals surface area contributed by atoms with Crippen LogP contribution in [0.1, 0.15) is 5.69 Å². The molecule has 3 rings (SSSR count). The smallest absolute Gasteiger partial charge is 0.408 e. The van der Waals surface area contributed by atoms with Crippen LogP contribution in [0.3, 0.4) is 0 Å². The molecule has 2 aromatic heterocycles. The maximum absolute atomic E-state index is 11.1. The van der Waals surface area contributed by atoms with Crippen molar-refractivity contribution in [2.45, 2.75) is 6.92 Å². The molecule has 92 valence electrons. The minimum absolute atomic E-state index is 0.457. The number of aromatic amines is 1. The van der Waals surface area contributed by atoms with Gasteiger partial charge in [0.2, 0.25) is 5.95 Å². The number of H-pyrrole nitrogens is 1. The summed E-state index contributed by atoms with van der Waals surface area (Å²) in [5.41, 5.74) is 9.58. The van der Waals surface area contributed by atoms with E-state index in [1.54, 1.807) is 12.1 Å². The average molecular weight is 244 g/mol. The SMILES string of the molecule is Cc1c(-c2ccc3[nH]c(=O)oc3c2)nc(N)n1C. The lowest BCUT2D eigenvalue weighted by Crippen LogP contribution is -1.97. The van der Waals surface area contributed by atoms with E-state index in [0.29, 0.717) is 17.0 Å². The van der Waals surface area contributed by atoms with Gasteiger partial charge in [0.15, 0.2) is 5.58 Å². The van der Waals surface area contributed by atoms with Gasteiger partial charge in [0, 0.05) is 18.3 Å². The molecule has 0 atom stereocenters. The van der Waals surface area contributed by atoms with Gasteiger partial charge in [-0.1, -0.05) is 6.07 Å². The van der Waals surface area contributed by atoms with Crippen LogP contribution in [0.2, 0.25) is 0 Å². The summed E-state index contributed by atoms with van der Waals surface area (Å²) in [6, 6.07) is 5.45. The monoisotopic (exact) mass is 244 g/mol. The summed E-state index contributed by atoms with van der Waals surface area (Å²) in [4.78, 5) is 18.0. The molecule has 0 bridgehead atoms. The van der Waals surface area contributed by atoms with Crippen LogP contribution < -0.4 is 11.5 Å². The van der Waals surface area contributed by atoms with Crippen molar-refractivity contribution in [1.29, 1.82) is 0 Å². The van der Waals surface area contributed by atoms with Crippen molar-refractivity contribution in [2.75, 3.05) is 5.73 Å². The van der Waals surface area contributed by atoms with Gasteiger partial charge in [-0.05, 0) is 19.1 Å². The molecule has 3 N–H and O–H groups in total. The first-order valence-electron chi connectivity index (χ1n) is 5.48. The van der Waals surface area contributed by atoms with Crippen LogP contribution in [0.5, 0.6) is 0 Å². The molecule has 0 fully saturated rings. The van der Waals surface area contributed by atoms with Gasteiger partial charge in [-0.15, -0.1) is 0 Å². The number of nitrogens with zero attached hydrogens (tertiary/aromatic N) is 2. The molecule has 2 heterocycles. The number of anilines is 1. The Morgan fingerprint density at radius 2 is 2.22 bits per heavy atom. The summed E-state index contributed by atoms with van der Waals surface area (Å²) in [6.07, 6.45) is 0. The molecule has 0 amide bonds. The van der Waals surface area contributed by atoms with E-state index in [2.05, 4.69) is 9.97 Å². The number of nitrogens with one attached hydrogen (secondary N) is 1. The van der Waals surface area contributed by atoms with Gasteiger partial charge < -0.3 is 14.7 Å².